The van der Waals surface area contributed by atoms with Crippen LogP contribution >= 0.6 is 0 Å². The third-order valence-corrected chi connectivity index (χ3v) is 4.91. The highest BCUT2D eigenvalue weighted by Gasteiger charge is 2.31. The van der Waals surface area contributed by atoms with Crippen molar-refractivity contribution in [1.82, 2.24) is 0 Å². The van der Waals surface area contributed by atoms with E-state index in [1.807, 2.05) is 0 Å². The molecule has 1 N–H and O–H groups in total. The van der Waals surface area contributed by atoms with Crippen LogP contribution in [0.15, 0.2) is 0 Å². The van der Waals surface area contributed by atoms with Crippen molar-refractivity contribution in [2.45, 2.75) is 96.7 Å². The van der Waals surface area contributed by atoms with Gasteiger partial charge >= 0.3 is 12.3 Å². The molecule has 7 heteroatoms. The summed E-state index contributed by atoms with van der Waals surface area (Å²) < 4.78 is 20.5. The van der Waals surface area contributed by atoms with Gasteiger partial charge < -0.3 is 24.1 Å². The number of carbonyl (C=O) groups is 2. The van der Waals surface area contributed by atoms with Gasteiger partial charge in [0.05, 0.1) is 6.61 Å². The van der Waals surface area contributed by atoms with Crippen LogP contribution in [0.25, 0.3) is 0 Å². The Labute approximate surface area is 169 Å². The number of carbonyl (C=O) groups excluding carboxylic acids is 1. The van der Waals surface area contributed by atoms with E-state index in [9.17, 15) is 9.59 Å². The number of unbranched alkanes of at least 4 members (excludes halogenated alkanes) is 5. The van der Waals surface area contributed by atoms with E-state index < -0.39 is 24.5 Å². The fraction of sp³-hybridized carbons (Fsp3) is 0.905. The molecular weight excluding hydrogens is 364 g/mol. The van der Waals surface area contributed by atoms with E-state index in [-0.39, 0.29) is 6.61 Å². The maximum Gasteiger partial charge on any atom is 0.508 e. The van der Waals surface area contributed by atoms with Gasteiger partial charge in [-0.1, -0.05) is 52.4 Å². The van der Waals surface area contributed by atoms with Crippen molar-refractivity contribution in [3.8, 4) is 0 Å². The maximum absolute atomic E-state index is 11.7. The quantitative estimate of drug-likeness (QED) is 0.301. The molecule has 2 unspecified atom stereocenters. The summed E-state index contributed by atoms with van der Waals surface area (Å²) in [6.07, 6.45) is 8.22. The van der Waals surface area contributed by atoms with Crippen LogP contribution in [0.2, 0.25) is 0 Å². The van der Waals surface area contributed by atoms with Crippen LogP contribution in [-0.2, 0) is 18.9 Å². The number of carboxylic acid groups (broad SMARTS) is 1. The SMILES string of the molecule is CC(C)CCCCCCCCOCCOC(=O)OC1CCCCC1OC(=O)O. The Bertz CT molecular complexity index is 425. The van der Waals surface area contributed by atoms with Crippen molar-refractivity contribution in [3.63, 3.8) is 0 Å². The second-order valence-corrected chi connectivity index (χ2v) is 7.88. The fourth-order valence-electron chi connectivity index (χ4n) is 3.37. The second-order valence-electron chi connectivity index (χ2n) is 7.88. The van der Waals surface area contributed by atoms with Gasteiger partial charge in [0.1, 0.15) is 18.8 Å². The van der Waals surface area contributed by atoms with Crippen LogP contribution in [0.5, 0.6) is 0 Å². The molecule has 1 saturated carbocycles. The molecule has 2 atom stereocenters. The summed E-state index contributed by atoms with van der Waals surface area (Å²) in [7, 11) is 0. The molecule has 164 valence electrons. The van der Waals surface area contributed by atoms with E-state index in [0.29, 0.717) is 26.1 Å². The molecule has 0 saturated heterocycles. The van der Waals surface area contributed by atoms with Crippen LogP contribution in [0.1, 0.15) is 84.5 Å². The molecule has 1 aliphatic rings. The van der Waals surface area contributed by atoms with Gasteiger partial charge in [0.2, 0.25) is 0 Å². The van der Waals surface area contributed by atoms with E-state index in [2.05, 4.69) is 13.8 Å². The molecule has 0 aromatic heterocycles. The Balaban J connectivity index is 1.95. The third kappa shape index (κ3) is 12.8. The molecule has 1 fully saturated rings. The van der Waals surface area contributed by atoms with Crippen LogP contribution in [-0.4, -0.2) is 49.4 Å². The molecule has 28 heavy (non-hydrogen) atoms. The van der Waals surface area contributed by atoms with Crippen molar-refractivity contribution < 1.29 is 33.6 Å². The lowest BCUT2D eigenvalue weighted by Gasteiger charge is -2.29. The second kappa shape index (κ2) is 15.4. The van der Waals surface area contributed by atoms with Crippen LogP contribution < -0.4 is 0 Å². The lowest BCUT2D eigenvalue weighted by molar-refractivity contribution is -0.0678. The first-order valence-corrected chi connectivity index (χ1v) is 10.8. The molecule has 1 rings (SSSR count). The molecule has 0 amide bonds. The Morgan fingerprint density at radius 1 is 0.857 bits per heavy atom. The predicted molar refractivity (Wildman–Crippen MR) is 106 cm³/mol. The molecule has 0 spiro atoms. The molecule has 1 aliphatic carbocycles. The molecule has 7 nitrogen and oxygen atoms in total. The van der Waals surface area contributed by atoms with E-state index in [4.69, 9.17) is 24.1 Å². The third-order valence-electron chi connectivity index (χ3n) is 4.91. The first-order chi connectivity index (χ1) is 13.5. The number of rotatable bonds is 14. The summed E-state index contributed by atoms with van der Waals surface area (Å²) >= 11 is 0. The molecule has 0 aromatic carbocycles. The monoisotopic (exact) mass is 402 g/mol. The van der Waals surface area contributed by atoms with E-state index in [1.54, 1.807) is 0 Å². The molecule has 0 bridgehead atoms. The van der Waals surface area contributed by atoms with Gasteiger partial charge in [0.25, 0.3) is 0 Å². The Morgan fingerprint density at radius 2 is 1.46 bits per heavy atom. The number of hydrogen-bond donors (Lipinski definition) is 1. The van der Waals surface area contributed by atoms with Gasteiger partial charge in [-0.15, -0.1) is 0 Å². The minimum atomic E-state index is -1.35. The lowest BCUT2D eigenvalue weighted by Crippen LogP contribution is -2.37. The molecule has 0 aliphatic heterocycles. The van der Waals surface area contributed by atoms with Crippen LogP contribution in [0, 0.1) is 5.92 Å². The van der Waals surface area contributed by atoms with Crippen LogP contribution in [0.3, 0.4) is 0 Å². The summed E-state index contributed by atoms with van der Waals surface area (Å²) in [5, 5.41) is 8.74. The van der Waals surface area contributed by atoms with Gasteiger partial charge in [-0.2, -0.15) is 0 Å². The van der Waals surface area contributed by atoms with Crippen LogP contribution in [0.4, 0.5) is 9.59 Å². The highest BCUT2D eigenvalue weighted by molar-refractivity contribution is 5.60. The first-order valence-electron chi connectivity index (χ1n) is 10.8. The minimum Gasteiger partial charge on any atom is -0.450 e. The van der Waals surface area contributed by atoms with Crippen molar-refractivity contribution in [3.05, 3.63) is 0 Å². The fourth-order valence-corrected chi connectivity index (χ4v) is 3.37. The Morgan fingerprint density at radius 3 is 2.11 bits per heavy atom. The summed E-state index contributed by atoms with van der Waals surface area (Å²) in [5.41, 5.74) is 0. The lowest BCUT2D eigenvalue weighted by atomic mass is 9.95. The average Bonchev–Trinajstić information content (AvgIpc) is 2.63. The van der Waals surface area contributed by atoms with Gasteiger partial charge in [-0.3, -0.25) is 0 Å². The zero-order chi connectivity index (χ0) is 20.6. The first kappa shape index (κ1) is 24.5. The highest BCUT2D eigenvalue weighted by Crippen LogP contribution is 2.24. The molecule has 0 radical (unpaired) electrons. The van der Waals surface area contributed by atoms with Gasteiger partial charge in [-0.25, -0.2) is 9.59 Å². The minimum absolute atomic E-state index is 0.130. The summed E-state index contributed by atoms with van der Waals surface area (Å²) in [6.45, 7) is 5.67. The van der Waals surface area contributed by atoms with Gasteiger partial charge in [-0.05, 0) is 38.0 Å². The van der Waals surface area contributed by atoms with Crippen molar-refractivity contribution in [2.75, 3.05) is 19.8 Å². The average molecular weight is 403 g/mol. The van der Waals surface area contributed by atoms with Gasteiger partial charge in [0.15, 0.2) is 0 Å². The zero-order valence-electron chi connectivity index (χ0n) is 17.5. The van der Waals surface area contributed by atoms with Crippen molar-refractivity contribution in [1.29, 1.82) is 0 Å². The highest BCUT2D eigenvalue weighted by atomic mass is 16.7. The molecular formula is C21H38O7. The van der Waals surface area contributed by atoms with E-state index >= 15 is 0 Å². The normalized spacial score (nSPS) is 19.4. The van der Waals surface area contributed by atoms with Gasteiger partial charge in [0, 0.05) is 6.61 Å². The topological polar surface area (TPSA) is 91.3 Å². The number of hydrogen-bond acceptors (Lipinski definition) is 6. The maximum atomic E-state index is 11.7. The summed E-state index contributed by atoms with van der Waals surface area (Å²) in [6, 6.07) is 0. The molecule has 0 aromatic rings. The Kier molecular flexibility index (Phi) is 13.5. The predicted octanol–water partition coefficient (Wildman–Crippen LogP) is 5.55. The standard InChI is InChI=1S/C21H38O7/c1-17(2)11-7-5-3-4-6-10-14-25-15-16-26-21(24)28-19-13-9-8-12-18(19)27-20(22)23/h17-19H,3-16H2,1-2H3,(H,22,23). The molecule has 0 heterocycles. The Hall–Kier alpha value is -1.50. The number of ether oxygens (including phenoxy) is 4. The smallest absolute Gasteiger partial charge is 0.450 e. The summed E-state index contributed by atoms with van der Waals surface area (Å²) in [5.74, 6) is 0.801. The zero-order valence-corrected chi connectivity index (χ0v) is 17.5. The van der Waals surface area contributed by atoms with E-state index in [1.165, 1.54) is 32.1 Å². The largest absolute Gasteiger partial charge is 0.508 e. The summed E-state index contributed by atoms with van der Waals surface area (Å²) in [4.78, 5) is 22.4. The van der Waals surface area contributed by atoms with Crippen molar-refractivity contribution in [2.24, 2.45) is 5.92 Å². The van der Waals surface area contributed by atoms with E-state index in [0.717, 1.165) is 31.6 Å². The van der Waals surface area contributed by atoms with Crippen molar-refractivity contribution >= 4 is 12.3 Å².